The number of imide groups is 1. The highest BCUT2D eigenvalue weighted by Crippen LogP contribution is 2.22. The van der Waals surface area contributed by atoms with Crippen LogP contribution in [0.4, 0.5) is 0 Å². The van der Waals surface area contributed by atoms with Gasteiger partial charge in [0, 0.05) is 5.02 Å². The molecule has 27 heavy (non-hydrogen) atoms. The lowest BCUT2D eigenvalue weighted by Gasteiger charge is -2.15. The molecule has 2 aromatic carbocycles. The molecule has 2 aromatic rings. The minimum Gasteiger partial charge on any atom is -0.479 e. The average Bonchev–Trinajstić information content (AvgIpc) is 2.62. The van der Waals surface area contributed by atoms with Gasteiger partial charge < -0.3 is 9.47 Å². The fraction of sp³-hybridized carbons (Fsp3) is 0.250. The Balaban J connectivity index is 1.76. The quantitative estimate of drug-likeness (QED) is 0.736. The Morgan fingerprint density at radius 2 is 1.78 bits per heavy atom. The summed E-state index contributed by atoms with van der Waals surface area (Å²) >= 11 is 5.87. The number of esters is 1. The van der Waals surface area contributed by atoms with Crippen molar-refractivity contribution >= 4 is 29.4 Å². The van der Waals surface area contributed by atoms with Crippen molar-refractivity contribution in [2.45, 2.75) is 26.4 Å². The van der Waals surface area contributed by atoms with Gasteiger partial charge in [0.15, 0.2) is 12.7 Å². The normalized spacial score (nSPS) is 11.4. The van der Waals surface area contributed by atoms with Crippen molar-refractivity contribution < 1.29 is 23.9 Å². The largest absolute Gasteiger partial charge is 0.479 e. The van der Waals surface area contributed by atoms with Crippen molar-refractivity contribution in [1.82, 2.24) is 5.32 Å². The van der Waals surface area contributed by atoms with Gasteiger partial charge in [-0.05, 0) is 43.2 Å². The van der Waals surface area contributed by atoms with Crippen molar-refractivity contribution in [1.29, 1.82) is 0 Å². The van der Waals surface area contributed by atoms with Crippen LogP contribution in [0.2, 0.25) is 5.02 Å². The standard InChI is InChI=1S/C20H20ClNO5/c1-13-10-16(21)8-9-17(13)27-14(2)20(25)26-12-19(24)22-18(23)11-15-6-4-3-5-7-15/h3-10,14H,11-12H2,1-2H3,(H,22,23,24). The predicted octanol–water partition coefficient (Wildman–Crippen LogP) is 2.84. The van der Waals surface area contributed by atoms with Gasteiger partial charge in [-0.25, -0.2) is 4.79 Å². The smallest absolute Gasteiger partial charge is 0.347 e. The minimum absolute atomic E-state index is 0.0654. The Morgan fingerprint density at radius 1 is 1.07 bits per heavy atom. The van der Waals surface area contributed by atoms with E-state index >= 15 is 0 Å². The first-order chi connectivity index (χ1) is 12.8. The van der Waals surface area contributed by atoms with E-state index in [2.05, 4.69) is 5.32 Å². The number of aryl methyl sites for hydroxylation is 1. The molecule has 7 heteroatoms. The van der Waals surface area contributed by atoms with Crippen LogP contribution in [0.1, 0.15) is 18.1 Å². The van der Waals surface area contributed by atoms with Crippen LogP contribution in [0.25, 0.3) is 0 Å². The third kappa shape index (κ3) is 6.75. The predicted molar refractivity (Wildman–Crippen MR) is 101 cm³/mol. The molecular formula is C20H20ClNO5. The molecule has 0 saturated heterocycles. The molecule has 0 radical (unpaired) electrons. The zero-order valence-corrected chi connectivity index (χ0v) is 15.8. The number of carbonyl (C=O) groups excluding carboxylic acids is 3. The van der Waals surface area contributed by atoms with Gasteiger partial charge in [-0.15, -0.1) is 0 Å². The molecule has 1 atom stereocenters. The van der Waals surface area contributed by atoms with E-state index in [9.17, 15) is 14.4 Å². The van der Waals surface area contributed by atoms with E-state index in [1.165, 1.54) is 6.92 Å². The SMILES string of the molecule is Cc1cc(Cl)ccc1OC(C)C(=O)OCC(=O)NC(=O)Cc1ccccc1. The molecule has 2 amide bonds. The van der Waals surface area contributed by atoms with Crippen molar-refractivity contribution in [3.05, 3.63) is 64.7 Å². The molecular weight excluding hydrogens is 370 g/mol. The second kappa shape index (κ2) is 9.73. The summed E-state index contributed by atoms with van der Waals surface area (Å²) in [7, 11) is 0. The zero-order valence-electron chi connectivity index (χ0n) is 15.0. The highest BCUT2D eigenvalue weighted by atomic mass is 35.5. The fourth-order valence-corrected chi connectivity index (χ4v) is 2.48. The lowest BCUT2D eigenvalue weighted by molar-refractivity contribution is -0.155. The molecule has 0 saturated carbocycles. The number of hydrogen-bond donors (Lipinski definition) is 1. The summed E-state index contributed by atoms with van der Waals surface area (Å²) in [5, 5.41) is 2.74. The number of rotatable bonds is 7. The maximum Gasteiger partial charge on any atom is 0.347 e. The Morgan fingerprint density at radius 3 is 2.44 bits per heavy atom. The van der Waals surface area contributed by atoms with Crippen molar-refractivity contribution in [3.63, 3.8) is 0 Å². The van der Waals surface area contributed by atoms with Crippen LogP contribution in [0, 0.1) is 6.92 Å². The number of benzene rings is 2. The summed E-state index contributed by atoms with van der Waals surface area (Å²) in [4.78, 5) is 35.5. The van der Waals surface area contributed by atoms with Crippen LogP contribution in [0.3, 0.4) is 0 Å². The van der Waals surface area contributed by atoms with E-state index in [1.807, 2.05) is 6.07 Å². The highest BCUT2D eigenvalue weighted by molar-refractivity contribution is 6.30. The molecule has 0 fully saturated rings. The van der Waals surface area contributed by atoms with Gasteiger partial charge in [0.1, 0.15) is 5.75 Å². The van der Waals surface area contributed by atoms with Crippen LogP contribution in [-0.4, -0.2) is 30.5 Å². The molecule has 1 unspecified atom stereocenters. The Labute approximate surface area is 162 Å². The Kier molecular flexibility index (Phi) is 7.37. The van der Waals surface area contributed by atoms with Gasteiger partial charge in [0.05, 0.1) is 6.42 Å². The van der Waals surface area contributed by atoms with Gasteiger partial charge in [0.2, 0.25) is 5.91 Å². The number of nitrogens with one attached hydrogen (secondary N) is 1. The van der Waals surface area contributed by atoms with E-state index in [4.69, 9.17) is 21.1 Å². The molecule has 0 aliphatic rings. The van der Waals surface area contributed by atoms with E-state index in [0.29, 0.717) is 10.8 Å². The second-order valence-electron chi connectivity index (χ2n) is 5.91. The molecule has 6 nitrogen and oxygen atoms in total. The van der Waals surface area contributed by atoms with Crippen LogP contribution in [0.5, 0.6) is 5.75 Å². The molecule has 0 aliphatic carbocycles. The lowest BCUT2D eigenvalue weighted by atomic mass is 10.1. The van der Waals surface area contributed by atoms with Crippen molar-refractivity contribution in [2.75, 3.05) is 6.61 Å². The summed E-state index contributed by atoms with van der Waals surface area (Å²) in [5.74, 6) is -1.39. The molecule has 0 aliphatic heterocycles. The Bertz CT molecular complexity index is 822. The molecule has 0 bridgehead atoms. The molecule has 142 valence electrons. The van der Waals surface area contributed by atoms with E-state index < -0.39 is 30.5 Å². The van der Waals surface area contributed by atoms with Gasteiger partial charge >= 0.3 is 5.97 Å². The summed E-state index contributed by atoms with van der Waals surface area (Å²) < 4.78 is 10.4. The van der Waals surface area contributed by atoms with Crippen LogP contribution < -0.4 is 10.1 Å². The number of halogens is 1. The number of ether oxygens (including phenoxy) is 2. The zero-order chi connectivity index (χ0) is 19.8. The first-order valence-electron chi connectivity index (χ1n) is 8.31. The maximum atomic E-state index is 12.0. The third-order valence-electron chi connectivity index (χ3n) is 3.60. The first kappa shape index (κ1) is 20.5. The molecule has 0 aromatic heterocycles. The van der Waals surface area contributed by atoms with E-state index in [1.54, 1.807) is 49.4 Å². The topological polar surface area (TPSA) is 81.7 Å². The highest BCUT2D eigenvalue weighted by Gasteiger charge is 2.19. The van der Waals surface area contributed by atoms with Crippen LogP contribution in [0.15, 0.2) is 48.5 Å². The average molecular weight is 390 g/mol. The number of carbonyl (C=O) groups is 3. The van der Waals surface area contributed by atoms with Crippen LogP contribution in [-0.2, 0) is 25.5 Å². The van der Waals surface area contributed by atoms with E-state index in [0.717, 1.165) is 11.1 Å². The summed E-state index contributed by atoms with van der Waals surface area (Å²) in [5.41, 5.74) is 1.55. The van der Waals surface area contributed by atoms with Crippen molar-refractivity contribution in [2.24, 2.45) is 0 Å². The third-order valence-corrected chi connectivity index (χ3v) is 3.84. The second-order valence-corrected chi connectivity index (χ2v) is 6.35. The lowest BCUT2D eigenvalue weighted by Crippen LogP contribution is -2.36. The summed E-state index contributed by atoms with van der Waals surface area (Å²) in [6.07, 6.45) is -0.853. The number of hydrogen-bond acceptors (Lipinski definition) is 5. The molecule has 0 spiro atoms. The van der Waals surface area contributed by atoms with Gasteiger partial charge in [-0.1, -0.05) is 41.9 Å². The molecule has 1 N–H and O–H groups in total. The van der Waals surface area contributed by atoms with E-state index in [-0.39, 0.29) is 6.42 Å². The monoisotopic (exact) mass is 389 g/mol. The Hall–Kier alpha value is -2.86. The van der Waals surface area contributed by atoms with Gasteiger partial charge in [-0.3, -0.25) is 14.9 Å². The maximum absolute atomic E-state index is 12.0. The fourth-order valence-electron chi connectivity index (χ4n) is 2.25. The summed E-state index contributed by atoms with van der Waals surface area (Å²) in [6, 6.07) is 14.0. The van der Waals surface area contributed by atoms with Gasteiger partial charge in [0.25, 0.3) is 5.91 Å². The summed E-state index contributed by atoms with van der Waals surface area (Å²) in [6.45, 7) is 2.74. The first-order valence-corrected chi connectivity index (χ1v) is 8.69. The van der Waals surface area contributed by atoms with Crippen LogP contribution >= 0.6 is 11.6 Å². The van der Waals surface area contributed by atoms with Gasteiger partial charge in [-0.2, -0.15) is 0 Å². The van der Waals surface area contributed by atoms with Crippen molar-refractivity contribution in [3.8, 4) is 5.75 Å². The number of amides is 2. The molecule has 0 heterocycles. The minimum atomic E-state index is -0.919. The molecule has 2 rings (SSSR count).